The van der Waals surface area contributed by atoms with E-state index in [0.717, 1.165) is 5.56 Å². The molecule has 5 atom stereocenters. The SMILES string of the molecule is CSCC[C@H](NC(=O)[C@@H](N)Cc1ccccc1)C(=O)N[C@@H](CCC(=O)O)C(=O)N[C@@H](CCCN=C(N)N)C(=O)N[C@@H](CC(C)C)C(=O)O. The number of nitrogens with one attached hydrogen (secondary N) is 4. The number of hydrogen-bond donors (Lipinski definition) is 9. The molecule has 0 saturated heterocycles. The van der Waals surface area contributed by atoms with Crippen LogP contribution >= 0.6 is 11.8 Å². The van der Waals surface area contributed by atoms with Crippen LogP contribution in [0.4, 0.5) is 0 Å². The molecule has 17 heteroatoms. The molecule has 12 N–H and O–H groups in total. The average Bonchev–Trinajstić information content (AvgIpc) is 3.01. The van der Waals surface area contributed by atoms with Crippen molar-refractivity contribution >= 4 is 53.3 Å². The molecular weight excluding hydrogens is 644 g/mol. The van der Waals surface area contributed by atoms with Gasteiger partial charge >= 0.3 is 11.9 Å². The Kier molecular flexibility index (Phi) is 19.3. The number of thioether (sulfide) groups is 1. The van der Waals surface area contributed by atoms with Crippen LogP contribution in [0, 0.1) is 5.92 Å². The Morgan fingerprint density at radius 3 is 1.81 bits per heavy atom. The van der Waals surface area contributed by atoms with E-state index in [1.165, 1.54) is 11.8 Å². The normalized spacial score (nSPS) is 14.0. The minimum atomic E-state index is -1.42. The molecule has 1 aromatic carbocycles. The van der Waals surface area contributed by atoms with Gasteiger partial charge in [0, 0.05) is 13.0 Å². The van der Waals surface area contributed by atoms with Gasteiger partial charge in [-0.2, -0.15) is 11.8 Å². The lowest BCUT2D eigenvalue weighted by Crippen LogP contribution is -2.58. The highest BCUT2D eigenvalue weighted by atomic mass is 32.2. The molecule has 4 amide bonds. The van der Waals surface area contributed by atoms with Crippen molar-refractivity contribution in [2.45, 2.75) is 89.0 Å². The summed E-state index contributed by atoms with van der Waals surface area (Å²) in [6, 6.07) is 3.10. The van der Waals surface area contributed by atoms with Crippen LogP contribution in [-0.4, -0.2) is 101 Å². The third-order valence-electron chi connectivity index (χ3n) is 7.06. The van der Waals surface area contributed by atoms with Gasteiger partial charge in [0.05, 0.1) is 6.04 Å². The number of carboxylic acids is 2. The summed E-state index contributed by atoms with van der Waals surface area (Å²) >= 11 is 1.43. The predicted molar refractivity (Wildman–Crippen MR) is 183 cm³/mol. The van der Waals surface area contributed by atoms with Crippen molar-refractivity contribution in [3.8, 4) is 0 Å². The van der Waals surface area contributed by atoms with Crippen molar-refractivity contribution in [2.24, 2.45) is 28.1 Å². The lowest BCUT2D eigenvalue weighted by molar-refractivity contribution is -0.142. The molecule has 0 spiro atoms. The van der Waals surface area contributed by atoms with E-state index in [4.69, 9.17) is 17.2 Å². The third kappa shape index (κ3) is 17.0. The second-order valence-corrected chi connectivity index (χ2v) is 12.7. The first-order chi connectivity index (χ1) is 22.6. The molecule has 0 heterocycles. The Morgan fingerprint density at radius 2 is 1.31 bits per heavy atom. The van der Waals surface area contributed by atoms with E-state index in [0.29, 0.717) is 5.75 Å². The quantitative estimate of drug-likeness (QED) is 0.0391. The standard InChI is InChI=1S/C31H50N8O8S/c1-18(2)16-24(30(46)47)39-27(43)21(10-7-14-35-31(33)34)37-28(44)22(11-12-25(40)41)38-29(45)23(13-15-48-3)36-26(42)20(32)17-19-8-5-4-6-9-19/h4-6,8-9,18,20-24H,7,10-17,32H2,1-3H3,(H,36,42)(H,37,44)(H,38,45)(H,39,43)(H,40,41)(H,46,47)(H4,33,34,35)/t20-,21-,22-,23-,24-/m0/s1. The molecule has 16 nitrogen and oxygen atoms in total. The van der Waals surface area contributed by atoms with Gasteiger partial charge in [0.15, 0.2) is 5.96 Å². The number of nitrogens with two attached hydrogens (primary N) is 3. The van der Waals surface area contributed by atoms with Gasteiger partial charge in [-0.25, -0.2) is 4.79 Å². The first-order valence-corrected chi connectivity index (χ1v) is 17.0. The molecule has 1 aromatic rings. The highest BCUT2D eigenvalue weighted by molar-refractivity contribution is 7.98. The summed E-state index contributed by atoms with van der Waals surface area (Å²) in [7, 11) is 0. The summed E-state index contributed by atoms with van der Waals surface area (Å²) in [6.45, 7) is 3.69. The number of benzene rings is 1. The first-order valence-electron chi connectivity index (χ1n) is 15.6. The number of nitrogens with zero attached hydrogens (tertiary/aromatic N) is 1. The fourth-order valence-corrected chi connectivity index (χ4v) is 5.03. The van der Waals surface area contributed by atoms with Crippen LogP contribution < -0.4 is 38.5 Å². The van der Waals surface area contributed by atoms with Gasteiger partial charge < -0.3 is 48.7 Å². The average molecular weight is 695 g/mol. The number of carbonyl (C=O) groups is 6. The highest BCUT2D eigenvalue weighted by Crippen LogP contribution is 2.10. The Morgan fingerprint density at radius 1 is 0.792 bits per heavy atom. The number of carbonyl (C=O) groups excluding carboxylic acids is 4. The van der Waals surface area contributed by atoms with E-state index in [1.54, 1.807) is 13.8 Å². The monoisotopic (exact) mass is 694 g/mol. The Balaban J connectivity index is 3.18. The van der Waals surface area contributed by atoms with Crippen molar-refractivity contribution < 1.29 is 39.0 Å². The molecule has 0 aliphatic carbocycles. The van der Waals surface area contributed by atoms with Crippen molar-refractivity contribution in [2.75, 3.05) is 18.6 Å². The topological polar surface area (TPSA) is 281 Å². The van der Waals surface area contributed by atoms with E-state index >= 15 is 0 Å². The molecule has 0 aromatic heterocycles. The van der Waals surface area contributed by atoms with E-state index in [1.807, 2.05) is 36.6 Å². The van der Waals surface area contributed by atoms with Gasteiger partial charge in [-0.05, 0) is 62.0 Å². The molecule has 268 valence electrons. The largest absolute Gasteiger partial charge is 0.481 e. The summed E-state index contributed by atoms with van der Waals surface area (Å²) in [5, 5.41) is 29.1. The highest BCUT2D eigenvalue weighted by Gasteiger charge is 2.32. The second-order valence-electron chi connectivity index (χ2n) is 11.7. The van der Waals surface area contributed by atoms with Gasteiger partial charge in [0.2, 0.25) is 23.6 Å². The number of carboxylic acid groups (broad SMARTS) is 2. The molecule has 0 fully saturated rings. The molecule has 0 saturated carbocycles. The summed E-state index contributed by atoms with van der Waals surface area (Å²) in [5.41, 5.74) is 17.7. The molecule has 0 aliphatic heterocycles. The van der Waals surface area contributed by atoms with Crippen LogP contribution in [0.5, 0.6) is 0 Å². The molecule has 48 heavy (non-hydrogen) atoms. The van der Waals surface area contributed by atoms with E-state index < -0.39 is 72.2 Å². The van der Waals surface area contributed by atoms with Crippen LogP contribution in [0.25, 0.3) is 0 Å². The molecular formula is C31H50N8O8S. The maximum atomic E-state index is 13.5. The zero-order chi connectivity index (χ0) is 36.2. The van der Waals surface area contributed by atoms with E-state index in [2.05, 4.69) is 26.3 Å². The van der Waals surface area contributed by atoms with E-state index in [9.17, 15) is 39.0 Å². The second kappa shape index (κ2) is 22.2. The number of aliphatic imine (C=N–C) groups is 1. The van der Waals surface area contributed by atoms with Crippen LogP contribution in [0.1, 0.15) is 57.9 Å². The number of aliphatic carboxylic acids is 2. The maximum absolute atomic E-state index is 13.5. The first kappa shape index (κ1) is 41.6. The smallest absolute Gasteiger partial charge is 0.326 e. The summed E-state index contributed by atoms with van der Waals surface area (Å²) in [4.78, 5) is 80.2. The minimum Gasteiger partial charge on any atom is -0.481 e. The summed E-state index contributed by atoms with van der Waals surface area (Å²) in [5.74, 6) is -5.25. The van der Waals surface area contributed by atoms with Crippen molar-refractivity contribution in [3.05, 3.63) is 35.9 Å². The number of guanidine groups is 1. The molecule has 0 radical (unpaired) electrons. The zero-order valence-electron chi connectivity index (χ0n) is 27.6. The molecule has 0 unspecified atom stereocenters. The van der Waals surface area contributed by atoms with Gasteiger partial charge in [0.1, 0.15) is 24.2 Å². The van der Waals surface area contributed by atoms with E-state index in [-0.39, 0.29) is 56.9 Å². The number of hydrogen-bond acceptors (Lipinski definition) is 9. The van der Waals surface area contributed by atoms with Crippen LogP contribution in [0.2, 0.25) is 0 Å². The minimum absolute atomic E-state index is 0.00627. The van der Waals surface area contributed by atoms with Crippen molar-refractivity contribution in [3.63, 3.8) is 0 Å². The fourth-order valence-electron chi connectivity index (χ4n) is 4.56. The van der Waals surface area contributed by atoms with Crippen molar-refractivity contribution in [1.29, 1.82) is 0 Å². The van der Waals surface area contributed by atoms with Gasteiger partial charge in [0.25, 0.3) is 0 Å². The summed E-state index contributed by atoms with van der Waals surface area (Å²) in [6.07, 6.45) is 1.73. The predicted octanol–water partition coefficient (Wildman–Crippen LogP) is -0.702. The van der Waals surface area contributed by atoms with Crippen molar-refractivity contribution in [1.82, 2.24) is 21.3 Å². The van der Waals surface area contributed by atoms with Crippen LogP contribution in [0.15, 0.2) is 35.3 Å². The van der Waals surface area contributed by atoms with Gasteiger partial charge in [-0.1, -0.05) is 44.2 Å². The fraction of sp³-hybridized carbons (Fsp3) is 0.581. The molecule has 0 bridgehead atoms. The zero-order valence-corrected chi connectivity index (χ0v) is 28.5. The number of rotatable bonds is 23. The third-order valence-corrected chi connectivity index (χ3v) is 7.70. The lowest BCUT2D eigenvalue weighted by atomic mass is 10.0. The van der Waals surface area contributed by atoms with Crippen LogP contribution in [0.3, 0.4) is 0 Å². The Hall–Kier alpha value is -4.38. The summed E-state index contributed by atoms with van der Waals surface area (Å²) < 4.78 is 0. The van der Waals surface area contributed by atoms with Gasteiger partial charge in [-0.3, -0.25) is 29.0 Å². The lowest BCUT2D eigenvalue weighted by Gasteiger charge is -2.26. The Bertz CT molecular complexity index is 1250. The van der Waals surface area contributed by atoms with Gasteiger partial charge in [-0.15, -0.1) is 0 Å². The maximum Gasteiger partial charge on any atom is 0.326 e. The molecule has 0 aliphatic rings. The molecule has 1 rings (SSSR count). The van der Waals surface area contributed by atoms with Crippen LogP contribution in [-0.2, 0) is 35.2 Å². The number of amides is 4. The Labute approximate surface area is 284 Å².